The molecular formula is C17H17FN2O3. The molecule has 5 nitrogen and oxygen atoms in total. The smallest absolute Gasteiger partial charge is 0.339 e. The van der Waals surface area contributed by atoms with E-state index < -0.39 is 17.7 Å². The number of halogens is 1. The number of carbonyl (C=O) groups excluding carboxylic acids is 2. The van der Waals surface area contributed by atoms with Crippen LogP contribution in [0.4, 0.5) is 15.8 Å². The van der Waals surface area contributed by atoms with Crippen molar-refractivity contribution in [1.29, 1.82) is 0 Å². The van der Waals surface area contributed by atoms with Crippen LogP contribution in [0.15, 0.2) is 42.5 Å². The number of aryl methyl sites for hydroxylation is 1. The van der Waals surface area contributed by atoms with Gasteiger partial charge in [0, 0.05) is 0 Å². The van der Waals surface area contributed by atoms with Gasteiger partial charge in [0.15, 0.2) is 0 Å². The summed E-state index contributed by atoms with van der Waals surface area (Å²) in [6.45, 7) is 1.65. The molecule has 2 rings (SSSR count). The molecule has 0 unspecified atom stereocenters. The summed E-state index contributed by atoms with van der Waals surface area (Å²) < 4.78 is 18.3. The number of rotatable bonds is 5. The molecule has 0 atom stereocenters. The zero-order valence-electron chi connectivity index (χ0n) is 12.9. The Hall–Kier alpha value is -2.89. The van der Waals surface area contributed by atoms with E-state index in [9.17, 15) is 14.0 Å². The van der Waals surface area contributed by atoms with Crippen LogP contribution in [0, 0.1) is 12.7 Å². The maximum atomic E-state index is 13.7. The van der Waals surface area contributed by atoms with Crippen LogP contribution in [-0.4, -0.2) is 25.5 Å². The van der Waals surface area contributed by atoms with Gasteiger partial charge in [-0.25, -0.2) is 9.18 Å². The monoisotopic (exact) mass is 316 g/mol. The van der Waals surface area contributed by atoms with Crippen molar-refractivity contribution in [2.45, 2.75) is 6.92 Å². The van der Waals surface area contributed by atoms with Crippen LogP contribution in [0.25, 0.3) is 0 Å². The maximum Gasteiger partial charge on any atom is 0.339 e. The average Bonchev–Trinajstić information content (AvgIpc) is 2.54. The number of nitrogens with one attached hydrogen (secondary N) is 2. The number of methoxy groups -OCH3 is 1. The molecule has 0 aliphatic carbocycles. The van der Waals surface area contributed by atoms with Crippen molar-refractivity contribution in [1.82, 2.24) is 0 Å². The van der Waals surface area contributed by atoms with E-state index in [4.69, 9.17) is 0 Å². The fourth-order valence-corrected chi connectivity index (χ4v) is 2.01. The first-order valence-corrected chi connectivity index (χ1v) is 6.98. The number of benzene rings is 2. The number of ether oxygens (including phenoxy) is 1. The zero-order chi connectivity index (χ0) is 16.8. The number of amides is 1. The van der Waals surface area contributed by atoms with Crippen molar-refractivity contribution in [2.24, 2.45) is 0 Å². The molecule has 0 aliphatic heterocycles. The van der Waals surface area contributed by atoms with E-state index in [1.165, 1.54) is 13.2 Å². The Kier molecular flexibility index (Phi) is 5.30. The number of para-hydroxylation sites is 1. The van der Waals surface area contributed by atoms with Crippen molar-refractivity contribution in [3.63, 3.8) is 0 Å². The van der Waals surface area contributed by atoms with E-state index in [0.29, 0.717) is 5.69 Å². The lowest BCUT2D eigenvalue weighted by Crippen LogP contribution is -2.23. The zero-order valence-corrected chi connectivity index (χ0v) is 12.9. The van der Waals surface area contributed by atoms with Crippen LogP contribution in [0.2, 0.25) is 0 Å². The van der Waals surface area contributed by atoms with Gasteiger partial charge in [0.25, 0.3) is 0 Å². The van der Waals surface area contributed by atoms with Gasteiger partial charge in [0.1, 0.15) is 5.82 Å². The number of anilines is 2. The van der Waals surface area contributed by atoms with Gasteiger partial charge < -0.3 is 15.4 Å². The van der Waals surface area contributed by atoms with Gasteiger partial charge in [-0.3, -0.25) is 4.79 Å². The Morgan fingerprint density at radius 3 is 2.57 bits per heavy atom. The van der Waals surface area contributed by atoms with Crippen LogP contribution in [0.3, 0.4) is 0 Å². The predicted molar refractivity (Wildman–Crippen MR) is 86.0 cm³/mol. The molecule has 6 heteroatoms. The summed E-state index contributed by atoms with van der Waals surface area (Å²) in [4.78, 5) is 23.6. The van der Waals surface area contributed by atoms with E-state index in [-0.39, 0.29) is 17.8 Å². The molecule has 0 heterocycles. The first kappa shape index (κ1) is 16.5. The second-order valence-corrected chi connectivity index (χ2v) is 4.92. The quantitative estimate of drug-likeness (QED) is 0.832. The van der Waals surface area contributed by atoms with Crippen molar-refractivity contribution in [3.05, 3.63) is 59.4 Å². The standard InChI is InChI=1S/C17H17FN2O3/c1-11-7-8-15(13(18)9-11)19-10-16(21)20-14-6-4-3-5-12(14)17(22)23-2/h3-9,19H,10H2,1-2H3,(H,20,21). The minimum absolute atomic E-state index is 0.129. The average molecular weight is 316 g/mol. The van der Waals surface area contributed by atoms with Crippen molar-refractivity contribution in [3.8, 4) is 0 Å². The van der Waals surface area contributed by atoms with Gasteiger partial charge in [-0.2, -0.15) is 0 Å². The molecule has 23 heavy (non-hydrogen) atoms. The Labute approximate surface area is 133 Å². The first-order valence-electron chi connectivity index (χ1n) is 6.98. The van der Waals surface area contributed by atoms with E-state index in [1.54, 1.807) is 43.3 Å². The summed E-state index contributed by atoms with van der Waals surface area (Å²) in [5.41, 5.74) is 1.64. The van der Waals surface area contributed by atoms with Crippen LogP contribution < -0.4 is 10.6 Å². The normalized spacial score (nSPS) is 10.0. The third kappa shape index (κ3) is 4.29. The number of carbonyl (C=O) groups is 2. The van der Waals surface area contributed by atoms with Gasteiger partial charge in [-0.15, -0.1) is 0 Å². The number of hydrogen-bond acceptors (Lipinski definition) is 4. The van der Waals surface area contributed by atoms with E-state index in [2.05, 4.69) is 15.4 Å². The fraction of sp³-hybridized carbons (Fsp3) is 0.176. The van der Waals surface area contributed by atoms with Crippen LogP contribution in [0.5, 0.6) is 0 Å². The van der Waals surface area contributed by atoms with Crippen molar-refractivity contribution < 1.29 is 18.7 Å². The molecule has 0 aliphatic rings. The molecule has 1 amide bonds. The second kappa shape index (κ2) is 7.40. The number of hydrogen-bond donors (Lipinski definition) is 2. The van der Waals surface area contributed by atoms with Crippen molar-refractivity contribution in [2.75, 3.05) is 24.3 Å². The Balaban J connectivity index is 2.01. The summed E-state index contributed by atoms with van der Waals surface area (Å²) >= 11 is 0. The molecule has 120 valence electrons. The second-order valence-electron chi connectivity index (χ2n) is 4.92. The highest BCUT2D eigenvalue weighted by Crippen LogP contribution is 2.17. The largest absolute Gasteiger partial charge is 0.465 e. The van der Waals surface area contributed by atoms with Crippen LogP contribution in [-0.2, 0) is 9.53 Å². The third-order valence-electron chi connectivity index (χ3n) is 3.17. The van der Waals surface area contributed by atoms with E-state index in [0.717, 1.165) is 5.56 Å². The van der Waals surface area contributed by atoms with Crippen LogP contribution in [0.1, 0.15) is 15.9 Å². The maximum absolute atomic E-state index is 13.7. The lowest BCUT2D eigenvalue weighted by Gasteiger charge is -2.11. The van der Waals surface area contributed by atoms with Gasteiger partial charge in [0.2, 0.25) is 5.91 Å². The SMILES string of the molecule is COC(=O)c1ccccc1NC(=O)CNc1ccc(C)cc1F. The molecule has 0 aromatic heterocycles. The summed E-state index contributed by atoms with van der Waals surface area (Å²) in [6.07, 6.45) is 0. The molecule has 0 saturated carbocycles. The molecule has 0 spiro atoms. The fourth-order valence-electron chi connectivity index (χ4n) is 2.01. The Morgan fingerprint density at radius 1 is 1.13 bits per heavy atom. The molecule has 2 N–H and O–H groups in total. The lowest BCUT2D eigenvalue weighted by molar-refractivity contribution is -0.114. The Morgan fingerprint density at radius 2 is 1.87 bits per heavy atom. The van der Waals surface area contributed by atoms with Gasteiger partial charge >= 0.3 is 5.97 Å². The van der Waals surface area contributed by atoms with Crippen LogP contribution >= 0.6 is 0 Å². The van der Waals surface area contributed by atoms with Gasteiger partial charge in [-0.1, -0.05) is 18.2 Å². The molecule has 0 saturated heterocycles. The highest BCUT2D eigenvalue weighted by molar-refractivity contribution is 6.02. The van der Waals surface area contributed by atoms with Crippen molar-refractivity contribution >= 4 is 23.3 Å². The summed E-state index contributed by atoms with van der Waals surface area (Å²) in [7, 11) is 1.27. The van der Waals surface area contributed by atoms with Gasteiger partial charge in [0.05, 0.1) is 30.6 Å². The summed E-state index contributed by atoms with van der Waals surface area (Å²) in [6, 6.07) is 11.2. The highest BCUT2D eigenvalue weighted by Gasteiger charge is 2.13. The molecule has 0 fully saturated rings. The molecule has 2 aromatic rings. The highest BCUT2D eigenvalue weighted by atomic mass is 19.1. The first-order chi connectivity index (χ1) is 11.0. The van der Waals surface area contributed by atoms with E-state index in [1.807, 2.05) is 0 Å². The van der Waals surface area contributed by atoms with Gasteiger partial charge in [-0.05, 0) is 36.8 Å². The summed E-state index contributed by atoms with van der Waals surface area (Å²) in [5, 5.41) is 5.32. The summed E-state index contributed by atoms with van der Waals surface area (Å²) in [5.74, 6) is -1.37. The number of esters is 1. The molecule has 0 bridgehead atoms. The van der Waals surface area contributed by atoms with E-state index >= 15 is 0 Å². The molecule has 2 aromatic carbocycles. The molecular weight excluding hydrogens is 299 g/mol. The third-order valence-corrected chi connectivity index (χ3v) is 3.17. The topological polar surface area (TPSA) is 67.4 Å². The molecule has 0 radical (unpaired) electrons. The minimum Gasteiger partial charge on any atom is -0.465 e. The predicted octanol–water partition coefficient (Wildman–Crippen LogP) is 2.97. The lowest BCUT2D eigenvalue weighted by atomic mass is 10.2. The minimum atomic E-state index is -0.543. The Bertz CT molecular complexity index is 732.